The van der Waals surface area contributed by atoms with E-state index >= 15 is 0 Å². The number of fused-ring (bicyclic) bond motifs is 1. The van der Waals surface area contributed by atoms with Gasteiger partial charge in [0, 0.05) is 23.9 Å². The number of anilines is 2. The Morgan fingerprint density at radius 1 is 1.10 bits per heavy atom. The smallest absolute Gasteiger partial charge is 0.226 e. The molecule has 0 unspecified atom stereocenters. The number of para-hydroxylation sites is 2. The van der Waals surface area contributed by atoms with Crippen LogP contribution in [0.3, 0.4) is 0 Å². The molecule has 2 aromatic heterocycles. The third kappa shape index (κ3) is 4.17. The van der Waals surface area contributed by atoms with Crippen LogP contribution in [0, 0.1) is 5.82 Å². The predicted octanol–water partition coefficient (Wildman–Crippen LogP) is 4.64. The molecule has 0 spiro atoms. The number of aromatic nitrogens is 2. The summed E-state index contributed by atoms with van der Waals surface area (Å²) < 4.78 is 13.3. The van der Waals surface area contributed by atoms with Crippen LogP contribution >= 0.6 is 11.3 Å². The van der Waals surface area contributed by atoms with Crippen molar-refractivity contribution < 1.29 is 14.3 Å². The summed E-state index contributed by atoms with van der Waals surface area (Å²) in [6.45, 7) is 0.351. The third-order valence-electron chi connectivity index (χ3n) is 4.35. The molecule has 1 amide bonds. The fraction of sp³-hybridized carbons (Fsp3) is 0.0952. The highest BCUT2D eigenvalue weighted by atomic mass is 32.1. The number of aromatic hydroxyl groups is 1. The number of benzene rings is 2. The van der Waals surface area contributed by atoms with Crippen LogP contribution in [0.4, 0.5) is 15.9 Å². The van der Waals surface area contributed by atoms with E-state index in [1.54, 1.807) is 30.3 Å². The van der Waals surface area contributed by atoms with Crippen LogP contribution in [0.2, 0.25) is 0 Å². The van der Waals surface area contributed by atoms with E-state index in [2.05, 4.69) is 20.6 Å². The SMILES string of the molecule is O=C(CCNc1ncnc2scc(-c3ccc(F)cc3)c12)Nc1ccccc1O. The van der Waals surface area contributed by atoms with Crippen LogP contribution in [0.15, 0.2) is 60.2 Å². The highest BCUT2D eigenvalue weighted by molar-refractivity contribution is 7.17. The molecule has 0 saturated heterocycles. The number of nitrogens with zero attached hydrogens (tertiary/aromatic N) is 2. The van der Waals surface area contributed by atoms with E-state index in [1.165, 1.54) is 35.9 Å². The van der Waals surface area contributed by atoms with Gasteiger partial charge in [0.15, 0.2) is 0 Å². The molecule has 8 heteroatoms. The summed E-state index contributed by atoms with van der Waals surface area (Å²) >= 11 is 1.48. The van der Waals surface area contributed by atoms with Crippen molar-refractivity contribution in [3.63, 3.8) is 0 Å². The van der Waals surface area contributed by atoms with Crippen LogP contribution in [-0.2, 0) is 4.79 Å². The zero-order chi connectivity index (χ0) is 20.2. The van der Waals surface area contributed by atoms with Gasteiger partial charge in [-0.3, -0.25) is 4.79 Å². The first-order valence-electron chi connectivity index (χ1n) is 8.91. The van der Waals surface area contributed by atoms with Gasteiger partial charge in [-0.1, -0.05) is 24.3 Å². The molecule has 0 saturated carbocycles. The number of rotatable bonds is 6. The lowest BCUT2D eigenvalue weighted by Gasteiger charge is -2.10. The molecule has 2 aromatic carbocycles. The Kier molecular flexibility index (Phi) is 5.35. The van der Waals surface area contributed by atoms with Crippen molar-refractivity contribution in [2.24, 2.45) is 0 Å². The summed E-state index contributed by atoms with van der Waals surface area (Å²) in [4.78, 5) is 21.6. The quantitative estimate of drug-likeness (QED) is 0.405. The maximum absolute atomic E-state index is 13.3. The summed E-state index contributed by atoms with van der Waals surface area (Å²) in [6, 6.07) is 12.8. The third-order valence-corrected chi connectivity index (χ3v) is 5.23. The Balaban J connectivity index is 1.48. The number of phenolic OH excluding ortho intramolecular Hbond substituents is 1. The van der Waals surface area contributed by atoms with E-state index in [4.69, 9.17) is 0 Å². The predicted molar refractivity (Wildman–Crippen MR) is 113 cm³/mol. The highest BCUT2D eigenvalue weighted by Gasteiger charge is 2.13. The van der Waals surface area contributed by atoms with E-state index in [1.807, 2.05) is 5.38 Å². The van der Waals surface area contributed by atoms with Gasteiger partial charge in [0.25, 0.3) is 0 Å². The zero-order valence-electron chi connectivity index (χ0n) is 15.2. The molecule has 0 radical (unpaired) electrons. The number of carbonyl (C=O) groups is 1. The van der Waals surface area contributed by atoms with Crippen molar-refractivity contribution >= 4 is 39.0 Å². The molecular weight excluding hydrogens is 391 g/mol. The van der Waals surface area contributed by atoms with Crippen LogP contribution in [-0.4, -0.2) is 27.5 Å². The van der Waals surface area contributed by atoms with Crippen molar-refractivity contribution in [1.82, 2.24) is 9.97 Å². The van der Waals surface area contributed by atoms with E-state index in [-0.39, 0.29) is 23.9 Å². The van der Waals surface area contributed by atoms with Crippen molar-refractivity contribution in [2.75, 3.05) is 17.2 Å². The average Bonchev–Trinajstić information content (AvgIpc) is 3.15. The van der Waals surface area contributed by atoms with Gasteiger partial charge >= 0.3 is 0 Å². The number of nitrogens with one attached hydrogen (secondary N) is 2. The second-order valence-electron chi connectivity index (χ2n) is 6.30. The first kappa shape index (κ1) is 18.8. The molecule has 4 rings (SSSR count). The minimum Gasteiger partial charge on any atom is -0.506 e. The van der Waals surface area contributed by atoms with Crippen LogP contribution in [0.5, 0.6) is 5.75 Å². The molecule has 6 nitrogen and oxygen atoms in total. The molecule has 0 bridgehead atoms. The first-order chi connectivity index (χ1) is 14.1. The number of hydrogen-bond acceptors (Lipinski definition) is 6. The Labute approximate surface area is 170 Å². The largest absolute Gasteiger partial charge is 0.506 e. The van der Waals surface area contributed by atoms with E-state index < -0.39 is 0 Å². The number of halogens is 1. The Morgan fingerprint density at radius 3 is 2.69 bits per heavy atom. The van der Waals surface area contributed by atoms with E-state index in [0.717, 1.165) is 21.3 Å². The number of thiophene rings is 1. The van der Waals surface area contributed by atoms with Crippen molar-refractivity contribution in [2.45, 2.75) is 6.42 Å². The molecule has 29 heavy (non-hydrogen) atoms. The molecule has 0 atom stereocenters. The lowest BCUT2D eigenvalue weighted by molar-refractivity contribution is -0.116. The van der Waals surface area contributed by atoms with Gasteiger partial charge in [-0.2, -0.15) is 0 Å². The Bertz CT molecular complexity index is 1160. The number of hydrogen-bond donors (Lipinski definition) is 3. The van der Waals surface area contributed by atoms with E-state index in [0.29, 0.717) is 18.1 Å². The molecule has 0 aliphatic heterocycles. The van der Waals surface area contributed by atoms with Gasteiger partial charge in [-0.15, -0.1) is 11.3 Å². The normalized spacial score (nSPS) is 10.8. The fourth-order valence-electron chi connectivity index (χ4n) is 2.94. The van der Waals surface area contributed by atoms with Crippen LogP contribution < -0.4 is 10.6 Å². The lowest BCUT2D eigenvalue weighted by Crippen LogP contribution is -2.16. The standard InChI is InChI=1S/C21H17FN4O2S/c22-14-7-5-13(6-8-14)15-11-29-21-19(15)20(24-12-25-21)23-10-9-18(28)26-16-3-1-2-4-17(16)27/h1-8,11-12,27H,9-10H2,(H,26,28)(H,23,24,25). The van der Waals surface area contributed by atoms with Gasteiger partial charge in [-0.25, -0.2) is 14.4 Å². The van der Waals surface area contributed by atoms with Crippen LogP contribution in [0.25, 0.3) is 21.3 Å². The summed E-state index contributed by atoms with van der Waals surface area (Å²) in [5, 5.41) is 18.4. The molecule has 2 heterocycles. The zero-order valence-corrected chi connectivity index (χ0v) is 16.0. The van der Waals surface area contributed by atoms with Crippen molar-refractivity contribution in [3.05, 3.63) is 66.1 Å². The molecule has 4 aromatic rings. The summed E-state index contributed by atoms with van der Waals surface area (Å²) in [7, 11) is 0. The monoisotopic (exact) mass is 408 g/mol. The molecule has 0 aliphatic rings. The Morgan fingerprint density at radius 2 is 1.90 bits per heavy atom. The average molecular weight is 408 g/mol. The number of phenols is 1. The second-order valence-corrected chi connectivity index (χ2v) is 7.16. The molecule has 0 fully saturated rings. The minimum absolute atomic E-state index is 0.0218. The number of carbonyl (C=O) groups excluding carboxylic acids is 1. The van der Waals surface area contributed by atoms with E-state index in [9.17, 15) is 14.3 Å². The lowest BCUT2D eigenvalue weighted by atomic mass is 10.1. The molecule has 0 aliphatic carbocycles. The van der Waals surface area contributed by atoms with Gasteiger partial charge in [0.2, 0.25) is 5.91 Å². The number of amides is 1. The van der Waals surface area contributed by atoms with Crippen LogP contribution in [0.1, 0.15) is 6.42 Å². The first-order valence-corrected chi connectivity index (χ1v) is 9.79. The van der Waals surface area contributed by atoms with Crippen molar-refractivity contribution in [3.8, 4) is 16.9 Å². The topological polar surface area (TPSA) is 87.1 Å². The maximum atomic E-state index is 13.3. The Hall–Kier alpha value is -3.52. The molecule has 3 N–H and O–H groups in total. The van der Waals surface area contributed by atoms with Gasteiger partial charge in [0.05, 0.1) is 11.1 Å². The minimum atomic E-state index is -0.293. The van der Waals surface area contributed by atoms with Gasteiger partial charge < -0.3 is 15.7 Å². The highest BCUT2D eigenvalue weighted by Crippen LogP contribution is 2.36. The molecule has 146 valence electrons. The summed E-state index contributed by atoms with van der Waals surface area (Å²) in [6.07, 6.45) is 1.66. The van der Waals surface area contributed by atoms with Gasteiger partial charge in [0.1, 0.15) is 28.5 Å². The van der Waals surface area contributed by atoms with Gasteiger partial charge in [-0.05, 0) is 29.8 Å². The second kappa shape index (κ2) is 8.24. The fourth-order valence-corrected chi connectivity index (χ4v) is 3.85. The van der Waals surface area contributed by atoms with Crippen molar-refractivity contribution in [1.29, 1.82) is 0 Å². The molecular formula is C21H17FN4O2S. The summed E-state index contributed by atoms with van der Waals surface area (Å²) in [5.41, 5.74) is 2.15. The summed E-state index contributed by atoms with van der Waals surface area (Å²) in [5.74, 6) is 0.117. The maximum Gasteiger partial charge on any atom is 0.226 e.